The third kappa shape index (κ3) is 6.28. The van der Waals surface area contributed by atoms with Crippen molar-refractivity contribution in [2.75, 3.05) is 12.4 Å². The Bertz CT molecular complexity index is 1310. The first-order chi connectivity index (χ1) is 16.9. The lowest BCUT2D eigenvalue weighted by atomic mass is 10.2. The minimum absolute atomic E-state index is 0.147. The second-order valence-electron chi connectivity index (χ2n) is 7.61. The van der Waals surface area contributed by atoms with Crippen LogP contribution < -0.4 is 15.4 Å². The van der Waals surface area contributed by atoms with Gasteiger partial charge in [0.15, 0.2) is 11.0 Å². The zero-order valence-electron chi connectivity index (χ0n) is 19.1. The van der Waals surface area contributed by atoms with E-state index in [2.05, 4.69) is 20.8 Å². The molecule has 1 heterocycles. The number of hydrogen-bond acceptors (Lipinski definition) is 5. The fraction of sp³-hybridized carbons (Fsp3) is 0.160. The Morgan fingerprint density at radius 2 is 1.74 bits per heavy atom. The van der Waals surface area contributed by atoms with E-state index in [1.807, 2.05) is 60.0 Å². The summed E-state index contributed by atoms with van der Waals surface area (Å²) in [5.41, 5.74) is 3.49. The summed E-state index contributed by atoms with van der Waals surface area (Å²) in [7, 11) is 1.65. The number of amides is 2. The van der Waals surface area contributed by atoms with Gasteiger partial charge in [-0.25, -0.2) is 4.79 Å². The van der Waals surface area contributed by atoms with Crippen LogP contribution in [0, 0.1) is 6.92 Å². The molecule has 0 spiro atoms. The number of methoxy groups -OCH3 is 1. The number of benzene rings is 3. The molecule has 0 unspecified atom stereocenters. The smallest absolute Gasteiger partial charge is 0.319 e. The highest BCUT2D eigenvalue weighted by atomic mass is 35.5. The van der Waals surface area contributed by atoms with Crippen LogP contribution in [0.5, 0.6) is 5.75 Å². The molecule has 7 nitrogen and oxygen atoms in total. The van der Waals surface area contributed by atoms with Crippen molar-refractivity contribution in [2.24, 2.45) is 0 Å². The van der Waals surface area contributed by atoms with Crippen molar-refractivity contribution in [1.29, 1.82) is 0 Å². The van der Waals surface area contributed by atoms with Crippen LogP contribution in [0.3, 0.4) is 0 Å². The number of para-hydroxylation sites is 1. The molecule has 2 N–H and O–H groups in total. The van der Waals surface area contributed by atoms with Crippen molar-refractivity contribution in [1.82, 2.24) is 20.1 Å². The third-order valence-corrected chi connectivity index (χ3v) is 6.73. The number of carbonyl (C=O) groups excluding carboxylic acids is 1. The Morgan fingerprint density at radius 3 is 2.46 bits per heavy atom. The largest absolute Gasteiger partial charge is 0.497 e. The van der Waals surface area contributed by atoms with Gasteiger partial charge in [0.25, 0.3) is 0 Å². The monoisotopic (exact) mass is 527 g/mol. The molecule has 0 atom stereocenters. The Labute approximate surface area is 217 Å². The lowest BCUT2D eigenvalue weighted by molar-refractivity contribution is 0.251. The summed E-state index contributed by atoms with van der Waals surface area (Å²) in [6.07, 6.45) is 0. The third-order valence-electron chi connectivity index (χ3n) is 5.10. The summed E-state index contributed by atoms with van der Waals surface area (Å²) in [6, 6.07) is 20.5. The van der Waals surface area contributed by atoms with Gasteiger partial charge in [-0.15, -0.1) is 10.2 Å². The van der Waals surface area contributed by atoms with Crippen molar-refractivity contribution in [3.8, 4) is 11.4 Å². The van der Waals surface area contributed by atoms with Crippen molar-refractivity contribution in [3.63, 3.8) is 0 Å². The number of thioether (sulfide) groups is 1. The quantitative estimate of drug-likeness (QED) is 0.255. The van der Waals surface area contributed by atoms with E-state index >= 15 is 0 Å². The fourth-order valence-corrected chi connectivity index (χ4v) is 4.71. The molecule has 2 amide bonds. The highest BCUT2D eigenvalue weighted by Gasteiger charge is 2.16. The normalized spacial score (nSPS) is 10.7. The minimum Gasteiger partial charge on any atom is -0.497 e. The van der Waals surface area contributed by atoms with Crippen molar-refractivity contribution < 1.29 is 9.53 Å². The summed E-state index contributed by atoms with van der Waals surface area (Å²) >= 11 is 13.9. The molecule has 0 bridgehead atoms. The van der Waals surface area contributed by atoms with Gasteiger partial charge < -0.3 is 15.4 Å². The maximum atomic E-state index is 12.5. The van der Waals surface area contributed by atoms with Gasteiger partial charge in [-0.3, -0.25) is 4.57 Å². The van der Waals surface area contributed by atoms with Crippen LogP contribution in [0.1, 0.15) is 17.0 Å². The van der Waals surface area contributed by atoms with Gasteiger partial charge in [-0.05, 0) is 48.9 Å². The lowest BCUT2D eigenvalue weighted by Gasteiger charge is -2.13. The number of nitrogens with zero attached hydrogens (tertiary/aromatic N) is 3. The molecule has 35 heavy (non-hydrogen) atoms. The van der Waals surface area contributed by atoms with E-state index in [9.17, 15) is 4.79 Å². The van der Waals surface area contributed by atoms with Gasteiger partial charge in [-0.1, -0.05) is 70.9 Å². The first-order valence-electron chi connectivity index (χ1n) is 10.7. The predicted octanol–water partition coefficient (Wildman–Crippen LogP) is 6.51. The number of hydrogen-bond donors (Lipinski definition) is 2. The molecule has 0 saturated carbocycles. The summed E-state index contributed by atoms with van der Waals surface area (Å²) in [6.45, 7) is 2.18. The number of anilines is 1. The Balaban J connectivity index is 1.53. The standard InChI is InChI=1S/C25H23Cl2N5O2S/c1-16-9-11-18(12-10-16)32-22(14-28-24(33)29-23-20(26)7-4-8-21(23)27)30-31-25(32)35-15-17-5-3-6-19(13-17)34-2/h3-13H,14-15H2,1-2H3,(H2,28,29,33). The zero-order valence-corrected chi connectivity index (χ0v) is 21.4. The van der Waals surface area contributed by atoms with Crippen LogP contribution in [0.25, 0.3) is 5.69 Å². The second-order valence-corrected chi connectivity index (χ2v) is 9.37. The zero-order chi connectivity index (χ0) is 24.8. The number of nitrogens with one attached hydrogen (secondary N) is 2. The molecule has 0 fully saturated rings. The van der Waals surface area contributed by atoms with Crippen LogP contribution in [0.2, 0.25) is 10.0 Å². The number of carbonyl (C=O) groups is 1. The molecule has 0 saturated heterocycles. The number of rotatable bonds is 8. The maximum absolute atomic E-state index is 12.5. The number of aromatic nitrogens is 3. The van der Waals surface area contributed by atoms with Crippen LogP contribution in [-0.2, 0) is 12.3 Å². The highest BCUT2D eigenvalue weighted by Crippen LogP contribution is 2.30. The SMILES string of the molecule is COc1cccc(CSc2nnc(CNC(=O)Nc3c(Cl)cccc3Cl)n2-c2ccc(C)cc2)c1. The van der Waals surface area contributed by atoms with Gasteiger partial charge in [0, 0.05) is 11.4 Å². The van der Waals surface area contributed by atoms with Crippen molar-refractivity contribution in [2.45, 2.75) is 24.4 Å². The average Bonchev–Trinajstić information content (AvgIpc) is 3.27. The van der Waals surface area contributed by atoms with E-state index in [4.69, 9.17) is 27.9 Å². The summed E-state index contributed by atoms with van der Waals surface area (Å²) in [5, 5.41) is 15.7. The number of halogens is 2. The summed E-state index contributed by atoms with van der Waals surface area (Å²) in [4.78, 5) is 12.5. The molecule has 10 heteroatoms. The van der Waals surface area contributed by atoms with Gasteiger partial charge >= 0.3 is 6.03 Å². The van der Waals surface area contributed by atoms with E-state index < -0.39 is 6.03 Å². The van der Waals surface area contributed by atoms with Crippen LogP contribution in [0.15, 0.2) is 71.9 Å². The van der Waals surface area contributed by atoms with E-state index in [0.717, 1.165) is 22.6 Å². The molecular formula is C25H23Cl2N5O2S. The van der Waals surface area contributed by atoms with E-state index in [1.54, 1.807) is 37.1 Å². The molecule has 0 aliphatic heterocycles. The molecule has 0 radical (unpaired) electrons. The Kier molecular flexibility index (Phi) is 8.17. The maximum Gasteiger partial charge on any atom is 0.319 e. The first-order valence-corrected chi connectivity index (χ1v) is 12.4. The van der Waals surface area contributed by atoms with Gasteiger partial charge in [0.1, 0.15) is 5.75 Å². The van der Waals surface area contributed by atoms with Crippen LogP contribution in [-0.4, -0.2) is 27.9 Å². The topological polar surface area (TPSA) is 81.1 Å². The van der Waals surface area contributed by atoms with Gasteiger partial charge in [-0.2, -0.15) is 0 Å². The van der Waals surface area contributed by atoms with Gasteiger partial charge in [0.05, 0.1) is 29.4 Å². The van der Waals surface area contributed by atoms with Crippen molar-refractivity contribution >= 4 is 46.7 Å². The molecule has 0 aliphatic carbocycles. The number of urea groups is 1. The summed E-state index contributed by atoms with van der Waals surface area (Å²) < 4.78 is 7.26. The number of aryl methyl sites for hydroxylation is 1. The van der Waals surface area contributed by atoms with Gasteiger partial charge in [0.2, 0.25) is 0 Å². The minimum atomic E-state index is -0.455. The fourth-order valence-electron chi connectivity index (χ4n) is 3.31. The molecule has 4 aromatic rings. The summed E-state index contributed by atoms with van der Waals surface area (Å²) in [5.74, 6) is 2.07. The molecule has 3 aromatic carbocycles. The second kappa shape index (κ2) is 11.5. The molecule has 180 valence electrons. The average molecular weight is 528 g/mol. The van der Waals surface area contributed by atoms with Crippen molar-refractivity contribution in [3.05, 3.63) is 93.7 Å². The van der Waals surface area contributed by atoms with Crippen LogP contribution in [0.4, 0.5) is 10.5 Å². The highest BCUT2D eigenvalue weighted by molar-refractivity contribution is 7.98. The molecular weight excluding hydrogens is 505 g/mol. The Morgan fingerprint density at radius 1 is 1.03 bits per heavy atom. The first kappa shape index (κ1) is 24.9. The van der Waals surface area contributed by atoms with E-state index in [0.29, 0.717) is 32.5 Å². The van der Waals surface area contributed by atoms with Crippen LogP contribution >= 0.6 is 35.0 Å². The predicted molar refractivity (Wildman–Crippen MR) is 141 cm³/mol. The van der Waals surface area contributed by atoms with E-state index in [1.165, 1.54) is 0 Å². The van der Waals surface area contributed by atoms with E-state index in [-0.39, 0.29) is 6.54 Å². The lowest BCUT2D eigenvalue weighted by Crippen LogP contribution is -2.29. The number of ether oxygens (including phenoxy) is 1. The molecule has 4 rings (SSSR count). The molecule has 0 aliphatic rings. The Hall–Kier alpha value is -3.20. The molecule has 1 aromatic heterocycles.